The van der Waals surface area contributed by atoms with E-state index in [1.807, 2.05) is 0 Å². The molecule has 0 aliphatic heterocycles. The van der Waals surface area contributed by atoms with Gasteiger partial charge in [-0.3, -0.25) is 9.59 Å². The second-order valence-corrected chi connectivity index (χ2v) is 4.47. The Balaban J connectivity index is 4.99. The highest BCUT2D eigenvalue weighted by molar-refractivity contribution is 8.15. The number of alkyl halides is 1. The number of esters is 1. The fraction of sp³-hybridized carbons (Fsp3) is 0.625. The maximum atomic E-state index is 11.4. The van der Waals surface area contributed by atoms with E-state index in [9.17, 15) is 14.4 Å². The second kappa shape index (κ2) is 5.97. The minimum atomic E-state index is -1.53. The quantitative estimate of drug-likeness (QED) is 0.449. The highest BCUT2D eigenvalue weighted by Crippen LogP contribution is 2.26. The molecule has 0 spiro atoms. The molecule has 1 atom stereocenters. The van der Waals surface area contributed by atoms with Crippen molar-refractivity contribution in [2.75, 3.05) is 13.0 Å². The molecule has 0 radical (unpaired) electrons. The first-order chi connectivity index (χ1) is 6.88. The lowest BCUT2D eigenvalue weighted by Gasteiger charge is -2.27. The summed E-state index contributed by atoms with van der Waals surface area (Å²) in [6.07, 6.45) is 0. The largest absolute Gasteiger partial charge is 0.467 e. The summed E-state index contributed by atoms with van der Waals surface area (Å²) < 4.78 is 4.50. The van der Waals surface area contributed by atoms with E-state index in [-0.39, 0.29) is 11.0 Å². The number of ether oxygens (including phenoxy) is 1. The predicted octanol–water partition coefficient (Wildman–Crippen LogP) is 0.510. The minimum Gasteiger partial charge on any atom is -0.467 e. The standard InChI is InChI=1S/C8H12ClNO4S/c1-5(11)10-8(4-9,7(13)14-3)15-6(2)12/h4H2,1-3H3,(H,10,11). The molecule has 0 saturated heterocycles. The number of amides is 1. The molecule has 7 heteroatoms. The Kier molecular flexibility index (Phi) is 5.67. The lowest BCUT2D eigenvalue weighted by atomic mass is 10.3. The average molecular weight is 254 g/mol. The lowest BCUT2D eigenvalue weighted by molar-refractivity contribution is -0.145. The first-order valence-corrected chi connectivity index (χ1v) is 5.35. The zero-order valence-electron chi connectivity index (χ0n) is 8.63. The van der Waals surface area contributed by atoms with Gasteiger partial charge in [-0.25, -0.2) is 4.79 Å². The number of carbonyl (C=O) groups excluding carboxylic acids is 3. The molecule has 0 aliphatic carbocycles. The van der Waals surface area contributed by atoms with E-state index in [4.69, 9.17) is 11.6 Å². The third-order valence-corrected chi connectivity index (χ3v) is 3.01. The number of carbonyl (C=O) groups is 3. The maximum Gasteiger partial charge on any atom is 0.344 e. The van der Waals surface area contributed by atoms with Gasteiger partial charge in [0.25, 0.3) is 0 Å². The van der Waals surface area contributed by atoms with Gasteiger partial charge >= 0.3 is 5.97 Å². The molecule has 0 aromatic carbocycles. The Hall–Kier alpha value is -0.750. The van der Waals surface area contributed by atoms with Crippen LogP contribution in [-0.2, 0) is 19.1 Å². The summed E-state index contributed by atoms with van der Waals surface area (Å²) >= 11 is 6.23. The van der Waals surface area contributed by atoms with Crippen molar-refractivity contribution in [3.05, 3.63) is 0 Å². The van der Waals surface area contributed by atoms with Gasteiger partial charge < -0.3 is 10.1 Å². The summed E-state index contributed by atoms with van der Waals surface area (Å²) in [6.45, 7) is 2.50. The summed E-state index contributed by atoms with van der Waals surface area (Å²) in [5, 5.41) is 1.98. The molecule has 0 aromatic heterocycles. The van der Waals surface area contributed by atoms with Crippen molar-refractivity contribution in [2.24, 2.45) is 0 Å². The van der Waals surface area contributed by atoms with E-state index in [2.05, 4.69) is 10.1 Å². The number of hydrogen-bond acceptors (Lipinski definition) is 5. The molecule has 0 aromatic rings. The van der Waals surface area contributed by atoms with E-state index < -0.39 is 16.7 Å². The number of thioether (sulfide) groups is 1. The SMILES string of the molecule is COC(=O)C(CCl)(NC(C)=O)SC(C)=O. The predicted molar refractivity (Wildman–Crippen MR) is 57.6 cm³/mol. The van der Waals surface area contributed by atoms with Crippen LogP contribution in [0.4, 0.5) is 0 Å². The van der Waals surface area contributed by atoms with Crippen LogP contribution < -0.4 is 5.32 Å². The van der Waals surface area contributed by atoms with E-state index >= 15 is 0 Å². The third kappa shape index (κ3) is 4.09. The van der Waals surface area contributed by atoms with E-state index in [1.54, 1.807) is 0 Å². The van der Waals surface area contributed by atoms with Crippen LogP contribution in [-0.4, -0.2) is 34.9 Å². The molecule has 0 heterocycles. The van der Waals surface area contributed by atoms with E-state index in [1.165, 1.54) is 13.8 Å². The molecule has 1 N–H and O–H groups in total. The van der Waals surface area contributed by atoms with Crippen molar-refractivity contribution < 1.29 is 19.1 Å². The van der Waals surface area contributed by atoms with Gasteiger partial charge in [0, 0.05) is 13.8 Å². The van der Waals surface area contributed by atoms with E-state index in [0.717, 1.165) is 7.11 Å². The van der Waals surface area contributed by atoms with E-state index in [0.29, 0.717) is 11.8 Å². The Labute approximate surface area is 96.9 Å². The van der Waals surface area contributed by atoms with Crippen LogP contribution in [0.2, 0.25) is 0 Å². The summed E-state index contributed by atoms with van der Waals surface area (Å²) in [4.78, 5) is 31.8. The molecule has 86 valence electrons. The summed E-state index contributed by atoms with van der Waals surface area (Å²) in [6, 6.07) is 0. The zero-order chi connectivity index (χ0) is 12.1. The molecule has 0 bridgehead atoms. The fourth-order valence-corrected chi connectivity index (χ4v) is 2.17. The van der Waals surface area contributed by atoms with Gasteiger partial charge in [-0.2, -0.15) is 0 Å². The van der Waals surface area contributed by atoms with Crippen LogP contribution in [0.3, 0.4) is 0 Å². The van der Waals surface area contributed by atoms with Crippen LogP contribution in [0.25, 0.3) is 0 Å². The number of halogens is 1. The van der Waals surface area contributed by atoms with Gasteiger partial charge in [-0.1, -0.05) is 0 Å². The minimum absolute atomic E-state index is 0.247. The topological polar surface area (TPSA) is 72.5 Å². The van der Waals surface area contributed by atoms with Crippen LogP contribution in [0.5, 0.6) is 0 Å². The molecular formula is C8H12ClNO4S. The fourth-order valence-electron chi connectivity index (χ4n) is 0.928. The van der Waals surface area contributed by atoms with Crippen LogP contribution in [0, 0.1) is 0 Å². The van der Waals surface area contributed by atoms with Crippen molar-refractivity contribution in [3.63, 3.8) is 0 Å². The highest BCUT2D eigenvalue weighted by Gasteiger charge is 2.42. The van der Waals surface area contributed by atoms with Gasteiger partial charge in [-0.05, 0) is 11.8 Å². The van der Waals surface area contributed by atoms with Gasteiger partial charge in [0.05, 0.1) is 13.0 Å². The molecule has 1 amide bonds. The molecule has 1 unspecified atom stereocenters. The second-order valence-electron chi connectivity index (χ2n) is 2.73. The molecule has 0 aliphatic rings. The Morgan fingerprint density at radius 2 is 1.93 bits per heavy atom. The molecule has 15 heavy (non-hydrogen) atoms. The Morgan fingerprint density at radius 1 is 1.40 bits per heavy atom. The van der Waals surface area contributed by atoms with Gasteiger partial charge in [0.1, 0.15) is 0 Å². The number of rotatable bonds is 4. The molecule has 0 saturated carbocycles. The third-order valence-electron chi connectivity index (χ3n) is 1.40. The summed E-state index contributed by atoms with van der Waals surface area (Å²) in [7, 11) is 1.16. The average Bonchev–Trinajstić information content (AvgIpc) is 2.13. The van der Waals surface area contributed by atoms with Crippen LogP contribution in [0.15, 0.2) is 0 Å². The zero-order valence-corrected chi connectivity index (χ0v) is 10.2. The molecule has 5 nitrogen and oxygen atoms in total. The maximum absolute atomic E-state index is 11.4. The molecular weight excluding hydrogens is 242 g/mol. The normalized spacial score (nSPS) is 13.9. The Morgan fingerprint density at radius 3 is 2.20 bits per heavy atom. The first kappa shape index (κ1) is 14.2. The monoisotopic (exact) mass is 253 g/mol. The van der Waals surface area contributed by atoms with Crippen molar-refractivity contribution in [2.45, 2.75) is 18.7 Å². The lowest BCUT2D eigenvalue weighted by Crippen LogP contribution is -2.54. The van der Waals surface area contributed by atoms with Crippen molar-refractivity contribution >= 4 is 40.4 Å². The summed E-state index contributed by atoms with van der Waals surface area (Å²) in [5.74, 6) is -1.47. The first-order valence-electron chi connectivity index (χ1n) is 4.00. The van der Waals surface area contributed by atoms with Crippen molar-refractivity contribution in [3.8, 4) is 0 Å². The van der Waals surface area contributed by atoms with Crippen LogP contribution in [0.1, 0.15) is 13.8 Å². The Bertz CT molecular complexity index is 266. The van der Waals surface area contributed by atoms with Crippen molar-refractivity contribution in [1.82, 2.24) is 5.32 Å². The highest BCUT2D eigenvalue weighted by atomic mass is 35.5. The van der Waals surface area contributed by atoms with Crippen LogP contribution >= 0.6 is 23.4 Å². The molecule has 0 rings (SSSR count). The van der Waals surface area contributed by atoms with Gasteiger partial charge in [0.2, 0.25) is 10.8 Å². The number of nitrogens with one attached hydrogen (secondary N) is 1. The van der Waals surface area contributed by atoms with Gasteiger partial charge in [0.15, 0.2) is 5.12 Å². The summed E-state index contributed by atoms with van der Waals surface area (Å²) in [5.41, 5.74) is 0. The number of hydrogen-bond donors (Lipinski definition) is 1. The molecule has 0 fully saturated rings. The van der Waals surface area contributed by atoms with Gasteiger partial charge in [-0.15, -0.1) is 11.6 Å². The number of methoxy groups -OCH3 is 1. The smallest absolute Gasteiger partial charge is 0.344 e. The van der Waals surface area contributed by atoms with Crippen molar-refractivity contribution in [1.29, 1.82) is 0 Å².